The summed E-state index contributed by atoms with van der Waals surface area (Å²) in [7, 11) is 0. The molecule has 1 atom stereocenters. The number of hydrogen-bond acceptors (Lipinski definition) is 0. The Morgan fingerprint density at radius 2 is 1.65 bits per heavy atom. The van der Waals surface area contributed by atoms with Gasteiger partial charge >= 0.3 is 0 Å². The van der Waals surface area contributed by atoms with Crippen molar-refractivity contribution in [3.05, 3.63) is 70.0 Å². The van der Waals surface area contributed by atoms with Gasteiger partial charge in [0.15, 0.2) is 0 Å². The molecule has 0 saturated heterocycles. The Morgan fingerprint density at radius 1 is 1.00 bits per heavy atom. The smallest absolute Gasteiger partial charge is 0.144 e. The molecule has 0 nitrogen and oxygen atoms in total. The zero-order valence-electron chi connectivity index (χ0n) is 11.4. The molecule has 0 aliphatic heterocycles. The highest BCUT2D eigenvalue weighted by molar-refractivity contribution is 6.30. The van der Waals surface area contributed by atoms with Crippen molar-refractivity contribution in [2.75, 3.05) is 5.88 Å². The molecular weight excluding hydrogens is 294 g/mol. The van der Waals surface area contributed by atoms with Gasteiger partial charge in [0.05, 0.1) is 5.02 Å². The van der Waals surface area contributed by atoms with Gasteiger partial charge in [-0.05, 0) is 48.4 Å². The number of benzene rings is 2. The standard InChI is InChI=1S/C17H17Cl2F/c1-12-5-2-3-6-14(12)9-13(11-18)10-15-7-4-8-16(19)17(15)20/h2-8,13H,9-11H2,1H3. The zero-order chi connectivity index (χ0) is 14.5. The molecule has 0 N–H and O–H groups in total. The van der Waals surface area contributed by atoms with Crippen molar-refractivity contribution >= 4 is 23.2 Å². The summed E-state index contributed by atoms with van der Waals surface area (Å²) in [5.74, 6) is 0.375. The van der Waals surface area contributed by atoms with E-state index in [1.165, 1.54) is 11.1 Å². The molecule has 1 unspecified atom stereocenters. The van der Waals surface area contributed by atoms with Crippen LogP contribution in [0.15, 0.2) is 42.5 Å². The average molecular weight is 311 g/mol. The van der Waals surface area contributed by atoms with Gasteiger partial charge < -0.3 is 0 Å². The van der Waals surface area contributed by atoms with Crippen LogP contribution < -0.4 is 0 Å². The molecule has 2 aromatic carbocycles. The van der Waals surface area contributed by atoms with Crippen molar-refractivity contribution in [2.24, 2.45) is 5.92 Å². The van der Waals surface area contributed by atoms with E-state index in [4.69, 9.17) is 23.2 Å². The highest BCUT2D eigenvalue weighted by atomic mass is 35.5. The van der Waals surface area contributed by atoms with Crippen LogP contribution in [0.4, 0.5) is 4.39 Å². The fourth-order valence-electron chi connectivity index (χ4n) is 2.35. The summed E-state index contributed by atoms with van der Waals surface area (Å²) in [5.41, 5.74) is 3.14. The topological polar surface area (TPSA) is 0 Å². The van der Waals surface area contributed by atoms with Gasteiger partial charge in [-0.25, -0.2) is 4.39 Å². The molecule has 0 fully saturated rings. The maximum absolute atomic E-state index is 13.9. The molecule has 2 rings (SSSR count). The van der Waals surface area contributed by atoms with Gasteiger partial charge in [0, 0.05) is 5.88 Å². The Balaban J connectivity index is 2.14. The van der Waals surface area contributed by atoms with Crippen LogP contribution in [0.5, 0.6) is 0 Å². The van der Waals surface area contributed by atoms with Gasteiger partial charge in [-0.15, -0.1) is 11.6 Å². The Labute approximate surface area is 129 Å². The summed E-state index contributed by atoms with van der Waals surface area (Å²) in [6, 6.07) is 13.3. The summed E-state index contributed by atoms with van der Waals surface area (Å²) >= 11 is 11.9. The van der Waals surface area contributed by atoms with Crippen LogP contribution in [0.25, 0.3) is 0 Å². The van der Waals surface area contributed by atoms with Gasteiger partial charge in [-0.3, -0.25) is 0 Å². The summed E-state index contributed by atoms with van der Waals surface area (Å²) in [6.07, 6.45) is 1.45. The van der Waals surface area contributed by atoms with E-state index in [-0.39, 0.29) is 16.8 Å². The molecule has 0 aliphatic rings. The maximum atomic E-state index is 13.9. The third-order valence-electron chi connectivity index (χ3n) is 3.53. The molecule has 0 bridgehead atoms. The predicted molar refractivity (Wildman–Crippen MR) is 84.2 cm³/mol. The molecule has 0 saturated carbocycles. The van der Waals surface area contributed by atoms with Crippen molar-refractivity contribution in [1.29, 1.82) is 0 Å². The molecule has 0 radical (unpaired) electrons. The van der Waals surface area contributed by atoms with E-state index < -0.39 is 0 Å². The second kappa shape index (κ2) is 7.10. The van der Waals surface area contributed by atoms with E-state index in [1.807, 2.05) is 12.1 Å². The number of alkyl halides is 1. The van der Waals surface area contributed by atoms with Gasteiger partial charge in [0.25, 0.3) is 0 Å². The SMILES string of the molecule is Cc1ccccc1CC(CCl)Cc1cccc(Cl)c1F. The highest BCUT2D eigenvalue weighted by Gasteiger charge is 2.14. The lowest BCUT2D eigenvalue weighted by Crippen LogP contribution is -2.12. The van der Waals surface area contributed by atoms with E-state index >= 15 is 0 Å². The van der Waals surface area contributed by atoms with Crippen LogP contribution in [0.1, 0.15) is 16.7 Å². The minimum Gasteiger partial charge on any atom is -0.205 e. The second-order valence-electron chi connectivity index (χ2n) is 5.07. The Bertz CT molecular complexity index is 581. The van der Waals surface area contributed by atoms with Gasteiger partial charge in [-0.2, -0.15) is 0 Å². The van der Waals surface area contributed by atoms with Crippen LogP contribution in [-0.4, -0.2) is 5.88 Å². The highest BCUT2D eigenvalue weighted by Crippen LogP contribution is 2.23. The number of halogens is 3. The number of aryl methyl sites for hydroxylation is 1. The van der Waals surface area contributed by atoms with Crippen LogP contribution in [-0.2, 0) is 12.8 Å². The van der Waals surface area contributed by atoms with Crippen LogP contribution in [0.3, 0.4) is 0 Å². The summed E-state index contributed by atoms with van der Waals surface area (Å²) in [6.45, 7) is 2.08. The number of rotatable bonds is 5. The first-order valence-electron chi connectivity index (χ1n) is 6.65. The molecule has 0 aliphatic carbocycles. The zero-order valence-corrected chi connectivity index (χ0v) is 12.9. The van der Waals surface area contributed by atoms with Gasteiger partial charge in [0.2, 0.25) is 0 Å². The fourth-order valence-corrected chi connectivity index (χ4v) is 2.76. The van der Waals surface area contributed by atoms with Crippen molar-refractivity contribution in [3.8, 4) is 0 Å². The third kappa shape index (κ3) is 3.74. The molecule has 2 aromatic rings. The number of hydrogen-bond donors (Lipinski definition) is 0. The van der Waals surface area contributed by atoms with E-state index in [2.05, 4.69) is 19.1 Å². The third-order valence-corrected chi connectivity index (χ3v) is 4.26. The normalized spacial score (nSPS) is 12.4. The molecule has 0 heterocycles. The minimum absolute atomic E-state index is 0.173. The average Bonchev–Trinajstić information content (AvgIpc) is 2.45. The molecule has 0 aromatic heterocycles. The van der Waals surface area contributed by atoms with Crippen LogP contribution >= 0.6 is 23.2 Å². The van der Waals surface area contributed by atoms with Crippen LogP contribution in [0.2, 0.25) is 5.02 Å². The van der Waals surface area contributed by atoms with Crippen molar-refractivity contribution < 1.29 is 4.39 Å². The maximum Gasteiger partial charge on any atom is 0.144 e. The molecule has 0 spiro atoms. The summed E-state index contributed by atoms with van der Waals surface area (Å²) in [5, 5.41) is 0.173. The molecule has 0 amide bonds. The molecular formula is C17H17Cl2F. The lowest BCUT2D eigenvalue weighted by atomic mass is 9.92. The van der Waals surface area contributed by atoms with E-state index in [0.717, 1.165) is 6.42 Å². The van der Waals surface area contributed by atoms with E-state index in [1.54, 1.807) is 18.2 Å². The van der Waals surface area contributed by atoms with Gasteiger partial charge in [-0.1, -0.05) is 48.0 Å². The Kier molecular flexibility index (Phi) is 5.45. The van der Waals surface area contributed by atoms with E-state index in [0.29, 0.717) is 17.9 Å². The first-order chi connectivity index (χ1) is 9.61. The predicted octanol–water partition coefficient (Wildman–Crippen LogP) is 5.43. The first-order valence-corrected chi connectivity index (χ1v) is 7.56. The Hall–Kier alpha value is -1.05. The quantitative estimate of drug-likeness (QED) is 0.646. The van der Waals surface area contributed by atoms with E-state index in [9.17, 15) is 4.39 Å². The minimum atomic E-state index is -0.325. The largest absolute Gasteiger partial charge is 0.205 e. The molecule has 20 heavy (non-hydrogen) atoms. The van der Waals surface area contributed by atoms with Crippen molar-refractivity contribution in [2.45, 2.75) is 19.8 Å². The van der Waals surface area contributed by atoms with Crippen molar-refractivity contribution in [1.82, 2.24) is 0 Å². The van der Waals surface area contributed by atoms with Crippen LogP contribution in [0, 0.1) is 18.7 Å². The summed E-state index contributed by atoms with van der Waals surface area (Å²) < 4.78 is 13.9. The van der Waals surface area contributed by atoms with Gasteiger partial charge in [0.1, 0.15) is 5.82 Å². The first kappa shape index (κ1) is 15.3. The second-order valence-corrected chi connectivity index (χ2v) is 5.78. The molecule has 106 valence electrons. The fraction of sp³-hybridized carbons (Fsp3) is 0.294. The Morgan fingerprint density at radius 3 is 2.35 bits per heavy atom. The lowest BCUT2D eigenvalue weighted by molar-refractivity contribution is 0.545. The van der Waals surface area contributed by atoms with Crippen molar-refractivity contribution in [3.63, 3.8) is 0 Å². The lowest BCUT2D eigenvalue weighted by Gasteiger charge is -2.16. The summed E-state index contributed by atoms with van der Waals surface area (Å²) in [4.78, 5) is 0. The molecule has 3 heteroatoms. The monoisotopic (exact) mass is 310 g/mol.